The zero-order chi connectivity index (χ0) is 27.7. The van der Waals surface area contributed by atoms with E-state index in [4.69, 9.17) is 18.8 Å². The van der Waals surface area contributed by atoms with Gasteiger partial charge in [0.15, 0.2) is 6.29 Å². The smallest absolute Gasteiger partial charge is 0.305 e. The van der Waals surface area contributed by atoms with Crippen LogP contribution in [0.3, 0.4) is 0 Å². The Kier molecular flexibility index (Phi) is 17.4. The zero-order valence-corrected chi connectivity index (χ0v) is 22.6. The summed E-state index contributed by atoms with van der Waals surface area (Å²) in [6, 6.07) is 0. The summed E-state index contributed by atoms with van der Waals surface area (Å²) < 4.78 is 46.4. The average molecular weight is 555 g/mol. The largest absolute Gasteiger partial charge is 0.463 e. The topological polar surface area (TPSA) is 180 Å². The Morgan fingerprint density at radius 3 is 2.11 bits per heavy atom. The third kappa shape index (κ3) is 15.8. The van der Waals surface area contributed by atoms with Gasteiger partial charge in [-0.15, -0.1) is 0 Å². The highest BCUT2D eigenvalue weighted by atomic mass is 32.2. The molecule has 1 heterocycles. The van der Waals surface area contributed by atoms with Crippen molar-refractivity contribution in [1.29, 1.82) is 0 Å². The molecule has 6 atom stereocenters. The van der Waals surface area contributed by atoms with Gasteiger partial charge in [-0.05, 0) is 25.7 Å². The fraction of sp³-hybridized carbons (Fsp3) is 0.880. The van der Waals surface area contributed by atoms with Crippen molar-refractivity contribution in [2.45, 2.75) is 121 Å². The van der Waals surface area contributed by atoms with Gasteiger partial charge in [-0.1, -0.05) is 64.0 Å². The Morgan fingerprint density at radius 2 is 1.49 bits per heavy atom. The molecule has 0 radical (unpaired) electrons. The number of aliphatic hydroxyl groups excluding tert-OH is 4. The van der Waals surface area contributed by atoms with Gasteiger partial charge in [-0.2, -0.15) is 8.42 Å². The molecule has 1 rings (SSSR count). The minimum absolute atomic E-state index is 0.238. The number of hydrogen-bond acceptors (Lipinski definition) is 10. The summed E-state index contributed by atoms with van der Waals surface area (Å²) >= 11 is 0. The molecule has 12 heteroatoms. The molecule has 5 N–H and O–H groups in total. The van der Waals surface area contributed by atoms with Crippen molar-refractivity contribution >= 4 is 16.1 Å². The van der Waals surface area contributed by atoms with Crippen LogP contribution in [0.4, 0.5) is 0 Å². The van der Waals surface area contributed by atoms with Gasteiger partial charge in [0.25, 0.3) is 10.1 Å². The van der Waals surface area contributed by atoms with E-state index in [1.165, 1.54) is 38.5 Å². The highest BCUT2D eigenvalue weighted by Gasteiger charge is 2.45. The number of allylic oxidation sites excluding steroid dienone is 2. The van der Waals surface area contributed by atoms with Gasteiger partial charge in [0.1, 0.15) is 42.9 Å². The van der Waals surface area contributed by atoms with Gasteiger partial charge in [-0.25, -0.2) is 0 Å². The molecule has 1 aliphatic heterocycles. The van der Waals surface area contributed by atoms with E-state index in [1.807, 2.05) is 0 Å². The molecule has 0 aliphatic carbocycles. The SMILES string of the molecule is CCCC/C=C\CCCCCCCCCC(=O)OC[C@@H](O)CO[C@H]1O[C@H](CS(=O)(=O)O)[C@@H](O)C(O)C1O. The van der Waals surface area contributed by atoms with Crippen LogP contribution in [0, 0.1) is 0 Å². The zero-order valence-electron chi connectivity index (χ0n) is 21.8. The second-order valence-corrected chi connectivity index (χ2v) is 11.1. The first-order chi connectivity index (χ1) is 17.5. The molecule has 218 valence electrons. The second-order valence-electron chi connectivity index (χ2n) is 9.56. The lowest BCUT2D eigenvalue weighted by molar-refractivity contribution is -0.296. The number of carbonyl (C=O) groups excluding carboxylic acids is 1. The van der Waals surface area contributed by atoms with Gasteiger partial charge in [0, 0.05) is 6.42 Å². The molecule has 1 saturated heterocycles. The molecule has 0 aromatic heterocycles. The summed E-state index contributed by atoms with van der Waals surface area (Å²) in [5, 5.41) is 39.6. The van der Waals surface area contributed by atoms with Gasteiger partial charge in [-0.3, -0.25) is 9.35 Å². The summed E-state index contributed by atoms with van der Waals surface area (Å²) in [5.41, 5.74) is 0. The monoisotopic (exact) mass is 554 g/mol. The highest BCUT2D eigenvalue weighted by molar-refractivity contribution is 7.85. The van der Waals surface area contributed by atoms with E-state index in [0.717, 1.165) is 25.7 Å². The highest BCUT2D eigenvalue weighted by Crippen LogP contribution is 2.23. The normalized spacial score (nSPS) is 25.4. The van der Waals surface area contributed by atoms with Crippen molar-refractivity contribution in [3.8, 4) is 0 Å². The van der Waals surface area contributed by atoms with Crippen molar-refractivity contribution in [3.05, 3.63) is 12.2 Å². The van der Waals surface area contributed by atoms with Gasteiger partial charge in [0.05, 0.1) is 6.61 Å². The molecule has 0 spiro atoms. The van der Waals surface area contributed by atoms with E-state index in [9.17, 15) is 33.6 Å². The van der Waals surface area contributed by atoms with E-state index < -0.39 is 65.3 Å². The van der Waals surface area contributed by atoms with E-state index in [1.54, 1.807) is 0 Å². The predicted molar refractivity (Wildman–Crippen MR) is 136 cm³/mol. The van der Waals surface area contributed by atoms with Crippen molar-refractivity contribution in [3.63, 3.8) is 0 Å². The van der Waals surface area contributed by atoms with Crippen molar-refractivity contribution in [1.82, 2.24) is 0 Å². The van der Waals surface area contributed by atoms with E-state index in [2.05, 4.69) is 19.1 Å². The molecule has 0 aromatic carbocycles. The predicted octanol–water partition coefficient (Wildman–Crippen LogP) is 1.86. The summed E-state index contributed by atoms with van der Waals surface area (Å²) in [4.78, 5) is 11.9. The van der Waals surface area contributed by atoms with Crippen molar-refractivity contribution < 1.29 is 52.4 Å². The molecule has 0 saturated carbocycles. The molecule has 1 aliphatic rings. The molecule has 37 heavy (non-hydrogen) atoms. The molecular weight excluding hydrogens is 508 g/mol. The molecule has 0 aromatic rings. The minimum atomic E-state index is -4.53. The Bertz CT molecular complexity index is 743. The lowest BCUT2D eigenvalue weighted by Crippen LogP contribution is -2.60. The number of esters is 1. The van der Waals surface area contributed by atoms with E-state index in [-0.39, 0.29) is 13.0 Å². The molecule has 0 amide bonds. The lowest BCUT2D eigenvalue weighted by atomic mass is 10.00. The number of unbranched alkanes of at least 4 members (excludes halogenated alkanes) is 9. The summed E-state index contributed by atoms with van der Waals surface area (Å²) in [7, 11) is -4.53. The van der Waals surface area contributed by atoms with Crippen LogP contribution in [-0.2, 0) is 29.1 Å². The summed E-state index contributed by atoms with van der Waals surface area (Å²) in [6.45, 7) is 1.39. The summed E-state index contributed by atoms with van der Waals surface area (Å²) in [5.74, 6) is -1.47. The Hall–Kier alpha value is -1.12. The van der Waals surface area contributed by atoms with E-state index >= 15 is 0 Å². The number of carbonyl (C=O) groups is 1. The van der Waals surface area contributed by atoms with Gasteiger partial charge < -0.3 is 34.6 Å². The van der Waals surface area contributed by atoms with Crippen LogP contribution in [0.25, 0.3) is 0 Å². The number of ether oxygens (including phenoxy) is 3. The van der Waals surface area contributed by atoms with Crippen LogP contribution in [0.1, 0.15) is 84.0 Å². The van der Waals surface area contributed by atoms with Crippen LogP contribution < -0.4 is 0 Å². The van der Waals surface area contributed by atoms with Gasteiger partial charge >= 0.3 is 5.97 Å². The molecule has 2 unspecified atom stereocenters. The average Bonchev–Trinajstić information content (AvgIpc) is 2.84. The van der Waals surface area contributed by atoms with Crippen molar-refractivity contribution in [2.75, 3.05) is 19.0 Å². The maximum Gasteiger partial charge on any atom is 0.305 e. The number of hydrogen-bond donors (Lipinski definition) is 5. The molecule has 0 bridgehead atoms. The maximum absolute atomic E-state index is 11.9. The van der Waals surface area contributed by atoms with Crippen LogP contribution >= 0.6 is 0 Å². The fourth-order valence-electron chi connectivity index (χ4n) is 3.89. The number of aliphatic hydroxyl groups is 4. The standard InChI is InChI=1S/C25H46O11S/c1-2-3-4-5-6-7-8-9-10-11-12-13-14-15-21(27)34-16-19(26)17-35-25-24(30)23(29)22(28)20(36-25)18-37(31,32)33/h5-6,19-20,22-26,28-30H,2-4,7-18H2,1H3,(H,31,32,33)/b6-5-/t19-,20-,22-,23?,24?,25+/m1/s1. The van der Waals surface area contributed by atoms with Gasteiger partial charge in [0.2, 0.25) is 0 Å². The molecule has 1 fully saturated rings. The molecule has 11 nitrogen and oxygen atoms in total. The number of rotatable bonds is 20. The Morgan fingerprint density at radius 1 is 0.892 bits per heavy atom. The summed E-state index contributed by atoms with van der Waals surface area (Å²) in [6.07, 6.45) is 7.32. The van der Waals surface area contributed by atoms with Crippen molar-refractivity contribution in [2.24, 2.45) is 0 Å². The van der Waals surface area contributed by atoms with Crippen LogP contribution in [0.5, 0.6) is 0 Å². The second kappa shape index (κ2) is 19.0. The molecular formula is C25H46O11S. The maximum atomic E-state index is 11.9. The third-order valence-corrected chi connectivity index (χ3v) is 6.83. The quantitative estimate of drug-likeness (QED) is 0.0641. The lowest BCUT2D eigenvalue weighted by Gasteiger charge is -2.40. The first-order valence-corrected chi connectivity index (χ1v) is 14.9. The first kappa shape index (κ1) is 33.9. The fourth-order valence-corrected chi connectivity index (χ4v) is 4.58. The van der Waals surface area contributed by atoms with E-state index in [0.29, 0.717) is 6.42 Å². The van der Waals surface area contributed by atoms with Crippen LogP contribution in [0.2, 0.25) is 0 Å². The third-order valence-electron chi connectivity index (χ3n) is 6.08. The van der Waals surface area contributed by atoms with Crippen LogP contribution in [-0.4, -0.2) is 95.1 Å². The Labute approximate surface area is 220 Å². The minimum Gasteiger partial charge on any atom is -0.463 e. The first-order valence-electron chi connectivity index (χ1n) is 13.3. The Balaban J connectivity index is 2.12. The van der Waals surface area contributed by atoms with Crippen LogP contribution in [0.15, 0.2) is 12.2 Å².